The van der Waals surface area contributed by atoms with E-state index in [4.69, 9.17) is 9.47 Å². The smallest absolute Gasteiger partial charge is 0.266 e. The largest absolute Gasteiger partial charge is 0.392 e. The second-order valence-electron chi connectivity index (χ2n) is 9.33. The first-order valence-corrected chi connectivity index (χ1v) is 14.3. The van der Waals surface area contributed by atoms with Gasteiger partial charge in [-0.25, -0.2) is 4.90 Å². The Kier molecular flexibility index (Phi) is 7.28. The van der Waals surface area contributed by atoms with E-state index in [1.807, 2.05) is 37.3 Å². The number of aliphatic hydroxyl groups is 1. The van der Waals surface area contributed by atoms with Gasteiger partial charge in [-0.1, -0.05) is 71.6 Å². The highest BCUT2D eigenvalue weighted by Crippen LogP contribution is 2.41. The number of amides is 2. The van der Waals surface area contributed by atoms with Gasteiger partial charge in [0, 0.05) is 17.7 Å². The van der Waals surface area contributed by atoms with Crippen molar-refractivity contribution in [1.82, 2.24) is 10.2 Å². The van der Waals surface area contributed by atoms with Gasteiger partial charge in [-0.05, 0) is 42.3 Å². The Balaban J connectivity index is 1.27. The van der Waals surface area contributed by atoms with Crippen LogP contribution in [0, 0.1) is 6.92 Å². The Morgan fingerprint density at radius 1 is 0.949 bits per heavy atom. The summed E-state index contributed by atoms with van der Waals surface area (Å²) in [6.07, 6.45) is -0.472. The van der Waals surface area contributed by atoms with E-state index in [-0.39, 0.29) is 30.6 Å². The average Bonchev–Trinajstić information content (AvgIpc) is 3.51. The molecule has 0 radical (unpaired) electrons. The maximum Gasteiger partial charge on any atom is 0.266 e. The van der Waals surface area contributed by atoms with Crippen molar-refractivity contribution in [3.05, 3.63) is 106 Å². The molecular formula is C29H25N3O5S2. The molecule has 8 nitrogen and oxygen atoms in total. The van der Waals surface area contributed by atoms with Crippen molar-refractivity contribution in [2.24, 2.45) is 0 Å². The quantitative estimate of drug-likeness (QED) is 0.235. The lowest BCUT2D eigenvalue weighted by Crippen LogP contribution is -2.32. The molecule has 2 aliphatic heterocycles. The first-order valence-electron chi connectivity index (χ1n) is 12.5. The minimum atomic E-state index is -0.710. The van der Waals surface area contributed by atoms with Crippen molar-refractivity contribution < 1.29 is 24.2 Å². The van der Waals surface area contributed by atoms with Crippen molar-refractivity contribution in [3.63, 3.8) is 0 Å². The number of nitrogens with zero attached hydrogens (tertiary/aromatic N) is 3. The van der Waals surface area contributed by atoms with Crippen LogP contribution in [0.3, 0.4) is 0 Å². The van der Waals surface area contributed by atoms with E-state index in [9.17, 15) is 14.7 Å². The van der Waals surface area contributed by atoms with E-state index in [2.05, 4.69) is 10.2 Å². The van der Waals surface area contributed by atoms with Crippen LogP contribution >= 0.6 is 23.1 Å². The number of anilines is 1. The summed E-state index contributed by atoms with van der Waals surface area (Å²) in [5, 5.41) is 18.7. The van der Waals surface area contributed by atoms with E-state index in [0.717, 1.165) is 20.5 Å². The molecule has 2 aliphatic rings. The molecular weight excluding hydrogens is 534 g/mol. The van der Waals surface area contributed by atoms with E-state index in [0.29, 0.717) is 34.6 Å². The van der Waals surface area contributed by atoms with E-state index in [1.165, 1.54) is 4.90 Å². The van der Waals surface area contributed by atoms with Gasteiger partial charge in [0.15, 0.2) is 10.6 Å². The number of hydrogen-bond acceptors (Lipinski definition) is 9. The topological polar surface area (TPSA) is 102 Å². The van der Waals surface area contributed by atoms with Crippen LogP contribution < -0.4 is 4.90 Å². The second kappa shape index (κ2) is 11.0. The van der Waals surface area contributed by atoms with E-state index >= 15 is 0 Å². The maximum absolute atomic E-state index is 13.1. The van der Waals surface area contributed by atoms with Gasteiger partial charge in [0.05, 0.1) is 35.6 Å². The minimum absolute atomic E-state index is 0.0251. The van der Waals surface area contributed by atoms with Crippen LogP contribution in [0.1, 0.15) is 61.2 Å². The molecule has 6 rings (SSSR count). The molecule has 0 spiro atoms. The lowest BCUT2D eigenvalue weighted by Gasteiger charge is -2.36. The standard InChI is InChI=1S/C29H25N3O5S2/c1-17-30-31-29(39-17)38-16-22-14-25(19-11-9-18(15-33)10-12-19)37-28(36-22)20-5-4-6-21(13-20)32-26(34)23-7-2-3-8-24(23)27(32)35/h2-13,22,25,28,33H,14-16H2,1H3/t22-,25+,28+/m0/s1. The molecule has 0 unspecified atom stereocenters. The third kappa shape index (κ3) is 5.26. The normalized spacial score (nSPS) is 20.9. The summed E-state index contributed by atoms with van der Waals surface area (Å²) in [4.78, 5) is 27.3. The number of fused-ring (bicyclic) bond motifs is 1. The molecule has 0 bridgehead atoms. The van der Waals surface area contributed by atoms with Gasteiger partial charge in [-0.15, -0.1) is 10.2 Å². The summed E-state index contributed by atoms with van der Waals surface area (Å²) >= 11 is 3.15. The Morgan fingerprint density at radius 3 is 2.36 bits per heavy atom. The lowest BCUT2D eigenvalue weighted by molar-refractivity contribution is -0.245. The molecule has 1 saturated heterocycles. The summed E-state index contributed by atoms with van der Waals surface area (Å²) in [5.74, 6) is -0.0268. The highest BCUT2D eigenvalue weighted by Gasteiger charge is 2.37. The predicted molar refractivity (Wildman–Crippen MR) is 148 cm³/mol. The molecule has 3 heterocycles. The number of aliphatic hydroxyl groups excluding tert-OH is 1. The molecule has 4 aromatic rings. The van der Waals surface area contributed by atoms with Gasteiger partial charge in [0.25, 0.3) is 11.8 Å². The van der Waals surface area contributed by atoms with Crippen LogP contribution in [-0.2, 0) is 16.1 Å². The number of ether oxygens (including phenoxy) is 2. The van der Waals surface area contributed by atoms with Crippen molar-refractivity contribution in [1.29, 1.82) is 0 Å². The number of carbonyl (C=O) groups is 2. The van der Waals surface area contributed by atoms with Gasteiger partial charge in [0.1, 0.15) is 5.01 Å². The number of benzene rings is 3. The van der Waals surface area contributed by atoms with E-state index < -0.39 is 6.29 Å². The van der Waals surface area contributed by atoms with Crippen LogP contribution in [0.25, 0.3) is 0 Å². The van der Waals surface area contributed by atoms with Crippen LogP contribution in [0.5, 0.6) is 0 Å². The van der Waals surface area contributed by atoms with Gasteiger partial charge < -0.3 is 14.6 Å². The number of aromatic nitrogens is 2. The first-order chi connectivity index (χ1) is 19.0. The fourth-order valence-corrected chi connectivity index (χ4v) is 6.62. The number of rotatable bonds is 7. The van der Waals surface area contributed by atoms with Crippen LogP contribution in [0.2, 0.25) is 0 Å². The van der Waals surface area contributed by atoms with Crippen molar-refractivity contribution in [2.45, 2.75) is 42.8 Å². The highest BCUT2D eigenvalue weighted by atomic mass is 32.2. The third-order valence-electron chi connectivity index (χ3n) is 6.71. The van der Waals surface area contributed by atoms with Gasteiger partial charge >= 0.3 is 0 Å². The SMILES string of the molecule is Cc1nnc(SC[C@@H]2C[C@H](c3ccc(CO)cc3)O[C@H](c3cccc(N4C(=O)c5ccccc5C4=O)c3)O2)s1. The lowest BCUT2D eigenvalue weighted by atomic mass is 10.0. The molecule has 3 aromatic carbocycles. The van der Waals surface area contributed by atoms with E-state index in [1.54, 1.807) is 65.6 Å². The number of carbonyl (C=O) groups excluding carboxylic acids is 2. The Hall–Kier alpha value is -3.41. The Bertz CT molecular complexity index is 1490. The fraction of sp³-hybridized carbons (Fsp3) is 0.241. The fourth-order valence-electron chi connectivity index (χ4n) is 4.76. The summed E-state index contributed by atoms with van der Waals surface area (Å²) in [6, 6.07) is 21.7. The third-order valence-corrected chi connectivity index (χ3v) is 8.81. The number of thioether (sulfide) groups is 1. The predicted octanol–water partition coefficient (Wildman–Crippen LogP) is 5.48. The van der Waals surface area contributed by atoms with Gasteiger partial charge in [0.2, 0.25) is 0 Å². The molecule has 0 saturated carbocycles. The van der Waals surface area contributed by atoms with Crippen molar-refractivity contribution in [2.75, 3.05) is 10.7 Å². The number of hydrogen-bond donors (Lipinski definition) is 1. The zero-order chi connectivity index (χ0) is 26.9. The van der Waals surface area contributed by atoms with Crippen LogP contribution in [0.4, 0.5) is 5.69 Å². The second-order valence-corrected chi connectivity index (χ2v) is 11.8. The Morgan fingerprint density at radius 2 is 1.69 bits per heavy atom. The minimum Gasteiger partial charge on any atom is -0.392 e. The monoisotopic (exact) mass is 559 g/mol. The van der Waals surface area contributed by atoms with Gasteiger partial charge in [-0.3, -0.25) is 9.59 Å². The first kappa shape index (κ1) is 25.8. The zero-order valence-corrected chi connectivity index (χ0v) is 22.7. The molecule has 0 aliphatic carbocycles. The van der Waals surface area contributed by atoms with Gasteiger partial charge in [-0.2, -0.15) is 0 Å². The molecule has 3 atom stereocenters. The Labute approximate surface area is 233 Å². The summed E-state index contributed by atoms with van der Waals surface area (Å²) in [7, 11) is 0. The number of aryl methyl sites for hydroxylation is 1. The summed E-state index contributed by atoms with van der Waals surface area (Å²) < 4.78 is 13.7. The van der Waals surface area contributed by atoms with Crippen molar-refractivity contribution >= 4 is 40.6 Å². The molecule has 39 heavy (non-hydrogen) atoms. The zero-order valence-electron chi connectivity index (χ0n) is 21.0. The highest BCUT2D eigenvalue weighted by molar-refractivity contribution is 8.01. The molecule has 198 valence electrons. The molecule has 1 N–H and O–H groups in total. The van der Waals surface area contributed by atoms with Crippen LogP contribution in [0.15, 0.2) is 77.1 Å². The molecule has 1 aromatic heterocycles. The maximum atomic E-state index is 13.1. The molecule has 10 heteroatoms. The van der Waals surface area contributed by atoms with Crippen LogP contribution in [-0.4, -0.2) is 39.0 Å². The summed E-state index contributed by atoms with van der Waals surface area (Å²) in [6.45, 7) is 1.90. The van der Waals surface area contributed by atoms with Crippen molar-refractivity contribution in [3.8, 4) is 0 Å². The molecule has 1 fully saturated rings. The average molecular weight is 560 g/mol. The molecule has 2 amide bonds. The number of imide groups is 1. The summed E-state index contributed by atoms with van der Waals surface area (Å²) in [5.41, 5.74) is 3.79.